The number of rotatable bonds is 3. The predicted octanol–water partition coefficient (Wildman–Crippen LogP) is 1.80. The molecule has 1 aliphatic heterocycles. The highest BCUT2D eigenvalue weighted by molar-refractivity contribution is 7.09. The third kappa shape index (κ3) is 2.14. The Kier molecular flexibility index (Phi) is 2.73. The summed E-state index contributed by atoms with van der Waals surface area (Å²) in [6, 6.07) is 0.349. The van der Waals surface area contributed by atoms with Gasteiger partial charge in [0.05, 0.1) is 10.7 Å². The molecule has 2 heterocycles. The third-order valence-corrected chi connectivity index (χ3v) is 4.68. The minimum Gasteiger partial charge on any atom is -0.326 e. The summed E-state index contributed by atoms with van der Waals surface area (Å²) >= 11 is 1.84. The number of nitrogens with two attached hydrogens (primary N) is 1. The minimum atomic E-state index is 0.349. The van der Waals surface area contributed by atoms with Crippen LogP contribution < -0.4 is 5.73 Å². The predicted molar refractivity (Wildman–Crippen MR) is 66.5 cm³/mol. The molecule has 2 unspecified atom stereocenters. The number of nitrogens with zero attached hydrogens (tertiary/aromatic N) is 2. The van der Waals surface area contributed by atoms with Crippen LogP contribution in [0.1, 0.15) is 36.4 Å². The molecule has 1 saturated heterocycles. The fourth-order valence-electron chi connectivity index (χ4n) is 2.37. The molecule has 1 aliphatic carbocycles. The van der Waals surface area contributed by atoms with Crippen LogP contribution in [0.2, 0.25) is 0 Å². The molecule has 16 heavy (non-hydrogen) atoms. The Balaban J connectivity index is 1.61. The van der Waals surface area contributed by atoms with Crippen LogP contribution in [-0.2, 0) is 6.54 Å². The molecule has 2 aliphatic rings. The van der Waals surface area contributed by atoms with Gasteiger partial charge in [0, 0.05) is 37.0 Å². The van der Waals surface area contributed by atoms with Crippen LogP contribution in [0.15, 0.2) is 5.38 Å². The third-order valence-electron chi connectivity index (χ3n) is 3.63. The molecule has 3 rings (SSSR count). The second-order valence-electron chi connectivity index (χ2n) is 5.29. The maximum Gasteiger partial charge on any atom is 0.0959 e. The van der Waals surface area contributed by atoms with Gasteiger partial charge < -0.3 is 5.73 Å². The highest BCUT2D eigenvalue weighted by Gasteiger charge is 2.29. The molecule has 2 N–H and O–H groups in total. The summed E-state index contributed by atoms with van der Waals surface area (Å²) in [6.45, 7) is 5.37. The van der Waals surface area contributed by atoms with Crippen molar-refractivity contribution in [2.75, 3.05) is 13.1 Å². The van der Waals surface area contributed by atoms with Gasteiger partial charge in [0.2, 0.25) is 0 Å². The molecule has 0 spiro atoms. The van der Waals surface area contributed by atoms with Crippen molar-refractivity contribution in [3.8, 4) is 0 Å². The number of hydrogen-bond acceptors (Lipinski definition) is 4. The summed E-state index contributed by atoms with van der Waals surface area (Å²) < 4.78 is 0. The molecule has 0 amide bonds. The number of hydrogen-bond donors (Lipinski definition) is 1. The smallest absolute Gasteiger partial charge is 0.0959 e. The average Bonchev–Trinajstić information content (AvgIpc) is 2.92. The van der Waals surface area contributed by atoms with Crippen LogP contribution >= 0.6 is 11.3 Å². The van der Waals surface area contributed by atoms with Gasteiger partial charge in [-0.05, 0) is 18.8 Å². The van der Waals surface area contributed by atoms with E-state index in [1.807, 2.05) is 11.3 Å². The van der Waals surface area contributed by atoms with Crippen LogP contribution in [0.3, 0.4) is 0 Å². The summed E-state index contributed by atoms with van der Waals surface area (Å²) in [6.07, 6.45) is 2.69. The Morgan fingerprint density at radius 3 is 2.94 bits per heavy atom. The minimum absolute atomic E-state index is 0.349. The van der Waals surface area contributed by atoms with Gasteiger partial charge in [0.15, 0.2) is 0 Å². The van der Waals surface area contributed by atoms with E-state index < -0.39 is 0 Å². The van der Waals surface area contributed by atoms with Crippen molar-refractivity contribution in [3.05, 3.63) is 16.1 Å². The van der Waals surface area contributed by atoms with E-state index >= 15 is 0 Å². The van der Waals surface area contributed by atoms with Crippen LogP contribution in [0.4, 0.5) is 0 Å². The van der Waals surface area contributed by atoms with Gasteiger partial charge in [-0.1, -0.05) is 6.92 Å². The van der Waals surface area contributed by atoms with Gasteiger partial charge >= 0.3 is 0 Å². The fraction of sp³-hybridized carbons (Fsp3) is 0.750. The van der Waals surface area contributed by atoms with Crippen LogP contribution in [0.25, 0.3) is 0 Å². The van der Waals surface area contributed by atoms with E-state index in [-0.39, 0.29) is 0 Å². The largest absolute Gasteiger partial charge is 0.326 e. The van der Waals surface area contributed by atoms with E-state index in [0.717, 1.165) is 25.6 Å². The molecule has 2 atom stereocenters. The van der Waals surface area contributed by atoms with Crippen molar-refractivity contribution < 1.29 is 0 Å². The Labute approximate surface area is 101 Å². The second-order valence-corrected chi connectivity index (χ2v) is 6.18. The molecule has 0 aromatic carbocycles. The number of likely N-dealkylation sites (tertiary alicyclic amines) is 1. The highest BCUT2D eigenvalue weighted by atomic mass is 32.1. The van der Waals surface area contributed by atoms with Crippen molar-refractivity contribution >= 4 is 11.3 Å². The lowest BCUT2D eigenvalue weighted by molar-refractivity contribution is 0.315. The molecular weight excluding hydrogens is 218 g/mol. The van der Waals surface area contributed by atoms with E-state index in [4.69, 9.17) is 10.7 Å². The summed E-state index contributed by atoms with van der Waals surface area (Å²) in [5, 5.41) is 3.58. The monoisotopic (exact) mass is 237 g/mol. The fourth-order valence-corrected chi connectivity index (χ4v) is 3.35. The van der Waals surface area contributed by atoms with Crippen LogP contribution in [-0.4, -0.2) is 29.0 Å². The Hall–Kier alpha value is -0.450. The van der Waals surface area contributed by atoms with E-state index in [2.05, 4.69) is 17.2 Å². The highest BCUT2D eigenvalue weighted by Crippen LogP contribution is 2.41. The van der Waals surface area contributed by atoms with E-state index in [1.165, 1.54) is 23.5 Å². The molecule has 1 aromatic rings. The molecule has 1 saturated carbocycles. The van der Waals surface area contributed by atoms with Gasteiger partial charge in [-0.25, -0.2) is 4.98 Å². The Bertz CT molecular complexity index is 362. The molecule has 2 fully saturated rings. The quantitative estimate of drug-likeness (QED) is 0.871. The van der Waals surface area contributed by atoms with Gasteiger partial charge in [-0.15, -0.1) is 11.3 Å². The van der Waals surface area contributed by atoms with E-state index in [1.54, 1.807) is 0 Å². The topological polar surface area (TPSA) is 42.2 Å². The van der Waals surface area contributed by atoms with Gasteiger partial charge in [0.25, 0.3) is 0 Å². The lowest BCUT2D eigenvalue weighted by Gasteiger charge is -2.12. The zero-order valence-corrected chi connectivity index (χ0v) is 10.5. The molecule has 4 heteroatoms. The summed E-state index contributed by atoms with van der Waals surface area (Å²) in [7, 11) is 0. The molecule has 88 valence electrons. The summed E-state index contributed by atoms with van der Waals surface area (Å²) in [5.41, 5.74) is 7.27. The first kappa shape index (κ1) is 10.7. The maximum absolute atomic E-state index is 6.03. The van der Waals surface area contributed by atoms with Crippen molar-refractivity contribution in [1.29, 1.82) is 0 Å². The molecule has 1 aromatic heterocycles. The Morgan fingerprint density at radius 1 is 1.50 bits per heavy atom. The normalized spacial score (nSPS) is 31.1. The van der Waals surface area contributed by atoms with Crippen molar-refractivity contribution in [2.24, 2.45) is 11.7 Å². The maximum atomic E-state index is 6.03. The van der Waals surface area contributed by atoms with Crippen molar-refractivity contribution in [3.63, 3.8) is 0 Å². The standard InChI is InChI=1S/C12H19N3S/c1-8-4-15(6-11(8)13)5-10-7-16-12(14-10)9-2-3-9/h7-9,11H,2-6,13H2,1H3. The molecule has 0 bridgehead atoms. The number of thiazole rings is 1. The molecule has 0 radical (unpaired) electrons. The average molecular weight is 237 g/mol. The zero-order chi connectivity index (χ0) is 11.1. The first-order valence-electron chi connectivity index (χ1n) is 6.14. The Morgan fingerprint density at radius 2 is 2.31 bits per heavy atom. The SMILES string of the molecule is CC1CN(Cc2csc(C3CC3)n2)CC1N. The van der Waals surface area contributed by atoms with Crippen LogP contribution in [0.5, 0.6) is 0 Å². The first-order chi connectivity index (χ1) is 7.72. The van der Waals surface area contributed by atoms with E-state index in [0.29, 0.717) is 12.0 Å². The molecular formula is C12H19N3S. The van der Waals surface area contributed by atoms with Crippen molar-refractivity contribution in [2.45, 2.75) is 38.3 Å². The summed E-state index contributed by atoms with van der Waals surface area (Å²) in [4.78, 5) is 7.15. The van der Waals surface area contributed by atoms with Gasteiger partial charge in [-0.3, -0.25) is 4.90 Å². The van der Waals surface area contributed by atoms with E-state index in [9.17, 15) is 0 Å². The summed E-state index contributed by atoms with van der Waals surface area (Å²) in [5.74, 6) is 1.42. The number of aromatic nitrogens is 1. The van der Waals surface area contributed by atoms with Gasteiger partial charge in [-0.2, -0.15) is 0 Å². The lowest BCUT2D eigenvalue weighted by Crippen LogP contribution is -2.28. The second kappa shape index (κ2) is 4.09. The molecule has 3 nitrogen and oxygen atoms in total. The zero-order valence-electron chi connectivity index (χ0n) is 9.72. The van der Waals surface area contributed by atoms with Gasteiger partial charge in [0.1, 0.15) is 0 Å². The first-order valence-corrected chi connectivity index (χ1v) is 7.02. The van der Waals surface area contributed by atoms with Crippen LogP contribution in [0, 0.1) is 5.92 Å². The van der Waals surface area contributed by atoms with Crippen molar-refractivity contribution in [1.82, 2.24) is 9.88 Å². The lowest BCUT2D eigenvalue weighted by atomic mass is 10.1.